The van der Waals surface area contributed by atoms with Gasteiger partial charge in [0.15, 0.2) is 0 Å². The Hall–Kier alpha value is -2.90. The summed E-state index contributed by atoms with van der Waals surface area (Å²) < 4.78 is 5.30. The largest absolute Gasteiger partial charge is 0.491 e. The average Bonchev–Trinajstić information content (AvgIpc) is 3.25. The molecule has 1 spiro atoms. The third kappa shape index (κ3) is 3.15. The third-order valence-electron chi connectivity index (χ3n) is 5.13. The molecule has 4 rings (SSSR count). The van der Waals surface area contributed by atoms with Gasteiger partial charge in [-0.3, -0.25) is 9.59 Å². The number of hydrogen-bond donors (Lipinski definition) is 4. The number of hydrogen-bond acceptors (Lipinski definition) is 5. The second-order valence-corrected chi connectivity index (χ2v) is 6.81. The van der Waals surface area contributed by atoms with Crippen LogP contribution in [0.4, 0.5) is 11.4 Å². The van der Waals surface area contributed by atoms with Crippen molar-refractivity contribution in [3.05, 3.63) is 54.1 Å². The highest BCUT2D eigenvalue weighted by atomic mass is 16.5. The summed E-state index contributed by atoms with van der Waals surface area (Å²) in [6, 6.07) is 14.1. The lowest BCUT2D eigenvalue weighted by molar-refractivity contribution is -0.120. The van der Waals surface area contributed by atoms with Crippen LogP contribution in [0, 0.1) is 0 Å². The zero-order valence-corrected chi connectivity index (χ0v) is 14.7. The Morgan fingerprint density at radius 2 is 2.00 bits per heavy atom. The first-order valence-electron chi connectivity index (χ1n) is 8.91. The summed E-state index contributed by atoms with van der Waals surface area (Å²) in [5.74, 6) is 0.393. The van der Waals surface area contributed by atoms with Crippen molar-refractivity contribution >= 4 is 23.2 Å². The first-order chi connectivity index (χ1) is 13.1. The smallest absolute Gasteiger partial charge is 0.241 e. The van der Waals surface area contributed by atoms with Crippen molar-refractivity contribution in [3.8, 4) is 5.75 Å². The van der Waals surface area contributed by atoms with Crippen LogP contribution >= 0.6 is 0 Å². The molecule has 2 heterocycles. The number of carbonyl (C=O) groups is 2. The van der Waals surface area contributed by atoms with Gasteiger partial charge in [-0.2, -0.15) is 0 Å². The van der Waals surface area contributed by atoms with E-state index >= 15 is 0 Å². The number of benzene rings is 2. The Labute approximate surface area is 156 Å². The summed E-state index contributed by atoms with van der Waals surface area (Å²) in [6.07, 6.45) is 0.416. The molecule has 2 aliphatic rings. The van der Waals surface area contributed by atoms with Crippen molar-refractivity contribution in [2.75, 3.05) is 30.4 Å². The molecule has 7 heteroatoms. The highest BCUT2D eigenvalue weighted by Crippen LogP contribution is 2.43. The van der Waals surface area contributed by atoms with Gasteiger partial charge >= 0.3 is 0 Å². The standard InChI is InChI=1S/C20H21N3O4/c24-9-10-27-14-7-5-13(6-8-14)22-18(25)17-11-20(12-21-17)15-3-1-2-4-16(15)23-19(20)26/h1-8,17,21,24H,9-12H2,(H,22,25)(H,23,26). The van der Waals surface area contributed by atoms with Gasteiger partial charge in [0.25, 0.3) is 0 Å². The van der Waals surface area contributed by atoms with Gasteiger partial charge in [-0.05, 0) is 42.3 Å². The minimum atomic E-state index is -0.694. The Kier molecular flexibility index (Phi) is 4.55. The van der Waals surface area contributed by atoms with Crippen molar-refractivity contribution in [1.82, 2.24) is 5.32 Å². The number of para-hydroxylation sites is 1. The van der Waals surface area contributed by atoms with Gasteiger partial charge in [0.2, 0.25) is 11.8 Å². The summed E-state index contributed by atoms with van der Waals surface area (Å²) in [5, 5.41) is 17.8. The zero-order chi connectivity index (χ0) is 18.9. The van der Waals surface area contributed by atoms with Crippen LogP contribution in [-0.2, 0) is 15.0 Å². The van der Waals surface area contributed by atoms with Crippen LogP contribution < -0.4 is 20.7 Å². The molecule has 2 aromatic carbocycles. The van der Waals surface area contributed by atoms with E-state index in [-0.39, 0.29) is 25.0 Å². The first-order valence-corrected chi connectivity index (χ1v) is 8.91. The number of aliphatic hydroxyl groups excluding tert-OH is 1. The molecule has 4 N–H and O–H groups in total. The Morgan fingerprint density at radius 1 is 1.22 bits per heavy atom. The van der Waals surface area contributed by atoms with Crippen LogP contribution in [0.3, 0.4) is 0 Å². The Bertz CT molecular complexity index is 868. The minimum Gasteiger partial charge on any atom is -0.491 e. The van der Waals surface area contributed by atoms with E-state index in [1.807, 2.05) is 24.3 Å². The predicted octanol–water partition coefficient (Wildman–Crippen LogP) is 1.25. The molecule has 2 aliphatic heterocycles. The number of anilines is 2. The lowest BCUT2D eigenvalue weighted by atomic mass is 9.79. The maximum absolute atomic E-state index is 12.7. The van der Waals surface area contributed by atoms with Gasteiger partial charge in [0.05, 0.1) is 18.1 Å². The van der Waals surface area contributed by atoms with E-state index in [0.717, 1.165) is 11.3 Å². The molecule has 7 nitrogen and oxygen atoms in total. The van der Waals surface area contributed by atoms with E-state index in [4.69, 9.17) is 9.84 Å². The molecular formula is C20H21N3O4. The van der Waals surface area contributed by atoms with Gasteiger partial charge in [0, 0.05) is 17.9 Å². The highest BCUT2D eigenvalue weighted by molar-refractivity contribution is 6.08. The average molecular weight is 367 g/mol. The van der Waals surface area contributed by atoms with Crippen LogP contribution in [0.15, 0.2) is 48.5 Å². The van der Waals surface area contributed by atoms with Gasteiger partial charge in [-0.15, -0.1) is 0 Å². The number of amides is 2. The van der Waals surface area contributed by atoms with E-state index in [1.165, 1.54) is 0 Å². The second kappa shape index (κ2) is 7.02. The van der Waals surface area contributed by atoms with Crippen LogP contribution in [-0.4, -0.2) is 42.7 Å². The molecule has 0 aromatic heterocycles. The van der Waals surface area contributed by atoms with E-state index in [0.29, 0.717) is 24.4 Å². The highest BCUT2D eigenvalue weighted by Gasteiger charge is 2.52. The summed E-state index contributed by atoms with van der Waals surface area (Å²) in [6.45, 7) is 0.607. The van der Waals surface area contributed by atoms with Crippen LogP contribution in [0.5, 0.6) is 5.75 Å². The molecule has 2 atom stereocenters. The SMILES string of the molecule is O=C(Nc1ccc(OCCO)cc1)C1CC2(CN1)C(=O)Nc1ccccc12. The molecule has 2 unspecified atom stereocenters. The molecule has 2 aromatic rings. The van der Waals surface area contributed by atoms with E-state index in [9.17, 15) is 9.59 Å². The first kappa shape index (κ1) is 17.5. The molecular weight excluding hydrogens is 346 g/mol. The molecule has 0 radical (unpaired) electrons. The molecule has 1 saturated heterocycles. The predicted molar refractivity (Wildman–Crippen MR) is 101 cm³/mol. The van der Waals surface area contributed by atoms with Gasteiger partial charge < -0.3 is 25.8 Å². The molecule has 1 fully saturated rings. The van der Waals surface area contributed by atoms with E-state index in [2.05, 4.69) is 16.0 Å². The number of nitrogens with one attached hydrogen (secondary N) is 3. The summed E-state index contributed by atoms with van der Waals surface area (Å²) in [7, 11) is 0. The maximum atomic E-state index is 12.7. The molecule has 27 heavy (non-hydrogen) atoms. The Balaban J connectivity index is 1.43. The molecule has 0 saturated carbocycles. The third-order valence-corrected chi connectivity index (χ3v) is 5.13. The fraction of sp³-hybridized carbons (Fsp3) is 0.300. The number of fused-ring (bicyclic) bond motifs is 2. The maximum Gasteiger partial charge on any atom is 0.241 e. The van der Waals surface area contributed by atoms with E-state index < -0.39 is 11.5 Å². The van der Waals surface area contributed by atoms with Crippen LogP contribution in [0.25, 0.3) is 0 Å². The van der Waals surface area contributed by atoms with Gasteiger partial charge in [0.1, 0.15) is 12.4 Å². The summed E-state index contributed by atoms with van der Waals surface area (Å²) in [4.78, 5) is 25.3. The van der Waals surface area contributed by atoms with Crippen LogP contribution in [0.2, 0.25) is 0 Å². The lowest BCUT2D eigenvalue weighted by Crippen LogP contribution is -2.36. The van der Waals surface area contributed by atoms with E-state index in [1.54, 1.807) is 24.3 Å². The molecule has 0 aliphatic carbocycles. The quantitative estimate of drug-likeness (QED) is 0.637. The topological polar surface area (TPSA) is 99.7 Å². The Morgan fingerprint density at radius 3 is 2.78 bits per heavy atom. The second-order valence-electron chi connectivity index (χ2n) is 6.81. The minimum absolute atomic E-state index is 0.0513. The van der Waals surface area contributed by atoms with Crippen molar-refractivity contribution in [2.24, 2.45) is 0 Å². The molecule has 2 amide bonds. The van der Waals surface area contributed by atoms with Crippen LogP contribution in [0.1, 0.15) is 12.0 Å². The number of carbonyl (C=O) groups excluding carboxylic acids is 2. The molecule has 140 valence electrons. The van der Waals surface area contributed by atoms with Crippen molar-refractivity contribution in [1.29, 1.82) is 0 Å². The zero-order valence-electron chi connectivity index (χ0n) is 14.7. The monoisotopic (exact) mass is 367 g/mol. The fourth-order valence-electron chi connectivity index (χ4n) is 3.75. The normalized spacial score (nSPS) is 23.1. The summed E-state index contributed by atoms with van der Waals surface area (Å²) in [5.41, 5.74) is 1.73. The lowest BCUT2D eigenvalue weighted by Gasteiger charge is -2.20. The van der Waals surface area contributed by atoms with Crippen molar-refractivity contribution < 1.29 is 19.4 Å². The van der Waals surface area contributed by atoms with Crippen molar-refractivity contribution in [3.63, 3.8) is 0 Å². The number of aliphatic hydroxyl groups is 1. The fourth-order valence-corrected chi connectivity index (χ4v) is 3.75. The summed E-state index contributed by atoms with van der Waals surface area (Å²) >= 11 is 0. The number of rotatable bonds is 5. The molecule has 0 bridgehead atoms. The number of ether oxygens (including phenoxy) is 1. The van der Waals surface area contributed by atoms with Crippen molar-refractivity contribution in [2.45, 2.75) is 17.9 Å². The van der Waals surface area contributed by atoms with Gasteiger partial charge in [-0.1, -0.05) is 18.2 Å². The van der Waals surface area contributed by atoms with Gasteiger partial charge in [-0.25, -0.2) is 0 Å².